The van der Waals surface area contributed by atoms with E-state index in [9.17, 15) is 9.59 Å². The van der Waals surface area contributed by atoms with E-state index in [0.717, 1.165) is 6.42 Å². The van der Waals surface area contributed by atoms with E-state index < -0.39 is 0 Å². The highest BCUT2D eigenvalue weighted by Crippen LogP contribution is 2.21. The maximum atomic E-state index is 12.5. The Kier molecular flexibility index (Phi) is 7.70. The van der Waals surface area contributed by atoms with Crippen molar-refractivity contribution in [1.82, 2.24) is 10.6 Å². The van der Waals surface area contributed by atoms with Crippen molar-refractivity contribution < 1.29 is 9.59 Å². The molecule has 0 aromatic heterocycles. The Labute approximate surface area is 154 Å². The molecule has 0 heterocycles. The second-order valence-corrected chi connectivity index (χ2v) is 7.97. The van der Waals surface area contributed by atoms with Gasteiger partial charge in [-0.1, -0.05) is 25.4 Å². The maximum Gasteiger partial charge on any atom is 0.319 e. The third kappa shape index (κ3) is 7.75. The van der Waals surface area contributed by atoms with Gasteiger partial charge < -0.3 is 21.7 Å². The van der Waals surface area contributed by atoms with E-state index in [-0.39, 0.29) is 23.5 Å². The van der Waals surface area contributed by atoms with Crippen LogP contribution in [-0.4, -0.2) is 30.1 Å². The predicted molar refractivity (Wildman–Crippen MR) is 103 cm³/mol. The molecule has 25 heavy (non-hydrogen) atoms. The number of hydrogen-bond acceptors (Lipinski definition) is 3. The van der Waals surface area contributed by atoms with Crippen molar-refractivity contribution in [3.63, 3.8) is 0 Å². The van der Waals surface area contributed by atoms with Crippen LogP contribution >= 0.6 is 11.6 Å². The number of benzene rings is 1. The molecule has 1 aromatic carbocycles. The van der Waals surface area contributed by atoms with Gasteiger partial charge in [-0.05, 0) is 51.3 Å². The van der Waals surface area contributed by atoms with E-state index in [1.54, 1.807) is 18.2 Å². The molecule has 6 nitrogen and oxygen atoms in total. The molecule has 7 heteroatoms. The number of carbonyl (C=O) groups excluding carboxylic acids is 2. The molecule has 1 unspecified atom stereocenters. The van der Waals surface area contributed by atoms with Gasteiger partial charge in [-0.2, -0.15) is 0 Å². The summed E-state index contributed by atoms with van der Waals surface area (Å²) in [5.74, 6) is 0.111. The Hall–Kier alpha value is -1.79. The predicted octanol–water partition coefficient (Wildman–Crippen LogP) is 3.36. The summed E-state index contributed by atoms with van der Waals surface area (Å²) in [7, 11) is 0. The van der Waals surface area contributed by atoms with Gasteiger partial charge in [0.25, 0.3) is 5.91 Å². The second kappa shape index (κ2) is 9.06. The number of rotatable bonds is 6. The van der Waals surface area contributed by atoms with Gasteiger partial charge in [0.05, 0.1) is 10.6 Å². The number of carbonyl (C=O) groups is 2. The van der Waals surface area contributed by atoms with Crippen LogP contribution in [0.4, 0.5) is 10.5 Å². The van der Waals surface area contributed by atoms with Crippen LogP contribution in [0.1, 0.15) is 51.4 Å². The van der Waals surface area contributed by atoms with Crippen molar-refractivity contribution >= 4 is 29.2 Å². The minimum Gasteiger partial charge on any atom is -0.348 e. The second-order valence-electron chi connectivity index (χ2n) is 7.56. The Morgan fingerprint density at radius 2 is 1.88 bits per heavy atom. The fraction of sp³-hybridized carbons (Fsp3) is 0.556. The van der Waals surface area contributed by atoms with Crippen molar-refractivity contribution in [3.05, 3.63) is 28.8 Å². The van der Waals surface area contributed by atoms with Crippen molar-refractivity contribution in [2.75, 3.05) is 11.9 Å². The van der Waals surface area contributed by atoms with Crippen LogP contribution < -0.4 is 21.7 Å². The summed E-state index contributed by atoms with van der Waals surface area (Å²) in [6, 6.07) is 4.33. The van der Waals surface area contributed by atoms with E-state index in [4.69, 9.17) is 17.3 Å². The molecule has 1 atom stereocenters. The highest BCUT2D eigenvalue weighted by Gasteiger charge is 2.18. The first kappa shape index (κ1) is 21.3. The summed E-state index contributed by atoms with van der Waals surface area (Å²) in [5, 5.41) is 8.72. The van der Waals surface area contributed by atoms with Crippen LogP contribution in [0.3, 0.4) is 0 Å². The van der Waals surface area contributed by atoms with Crippen LogP contribution in [0.15, 0.2) is 18.2 Å². The van der Waals surface area contributed by atoms with Crippen LogP contribution in [0, 0.1) is 5.92 Å². The third-order valence-electron chi connectivity index (χ3n) is 3.33. The number of anilines is 1. The lowest BCUT2D eigenvalue weighted by Gasteiger charge is -2.21. The summed E-state index contributed by atoms with van der Waals surface area (Å²) >= 11 is 6.15. The minimum atomic E-state index is -0.359. The molecular formula is C18H29ClN4O2. The van der Waals surface area contributed by atoms with Gasteiger partial charge in [0, 0.05) is 23.8 Å². The van der Waals surface area contributed by atoms with E-state index in [0.29, 0.717) is 28.7 Å². The van der Waals surface area contributed by atoms with Gasteiger partial charge >= 0.3 is 6.03 Å². The molecular weight excluding hydrogens is 340 g/mol. The molecule has 140 valence electrons. The molecule has 5 N–H and O–H groups in total. The van der Waals surface area contributed by atoms with Gasteiger partial charge in [-0.15, -0.1) is 0 Å². The number of amides is 3. The van der Waals surface area contributed by atoms with Crippen molar-refractivity contribution in [2.24, 2.45) is 11.7 Å². The van der Waals surface area contributed by atoms with Crippen molar-refractivity contribution in [2.45, 2.75) is 52.6 Å². The van der Waals surface area contributed by atoms with Crippen LogP contribution in [0.2, 0.25) is 5.02 Å². The lowest BCUT2D eigenvalue weighted by atomic mass is 10.0. The van der Waals surface area contributed by atoms with Gasteiger partial charge in [-0.25, -0.2) is 4.79 Å². The number of halogens is 1. The zero-order valence-corrected chi connectivity index (χ0v) is 16.3. The van der Waals surface area contributed by atoms with Crippen LogP contribution in [0.5, 0.6) is 0 Å². The normalized spacial score (nSPS) is 12.6. The molecule has 0 saturated heterocycles. The Morgan fingerprint density at radius 1 is 1.24 bits per heavy atom. The highest BCUT2D eigenvalue weighted by molar-refractivity contribution is 6.34. The molecule has 0 aliphatic rings. The summed E-state index contributed by atoms with van der Waals surface area (Å²) < 4.78 is 0. The van der Waals surface area contributed by atoms with Gasteiger partial charge in [0.15, 0.2) is 0 Å². The molecule has 0 saturated carbocycles. The lowest BCUT2D eigenvalue weighted by molar-refractivity contribution is 0.0934. The molecule has 0 aliphatic heterocycles. The standard InChI is InChI=1S/C18H29ClN4O2/c1-11(2)8-13(10-20)21-16(24)14-9-12(6-7-15(14)19)22-17(25)23-18(3,4)5/h6-7,9,11,13H,8,10,20H2,1-5H3,(H,21,24)(H2,22,23,25). The Morgan fingerprint density at radius 3 is 2.40 bits per heavy atom. The topological polar surface area (TPSA) is 96.2 Å². The fourth-order valence-electron chi connectivity index (χ4n) is 2.33. The molecule has 1 aromatic rings. The summed E-state index contributed by atoms with van der Waals surface area (Å²) in [6.07, 6.45) is 0.784. The summed E-state index contributed by atoms with van der Waals surface area (Å²) in [4.78, 5) is 24.5. The third-order valence-corrected chi connectivity index (χ3v) is 3.66. The highest BCUT2D eigenvalue weighted by atomic mass is 35.5. The molecule has 3 amide bonds. The van der Waals surface area contributed by atoms with Gasteiger partial charge in [0.1, 0.15) is 0 Å². The molecule has 0 bridgehead atoms. The fourth-order valence-corrected chi connectivity index (χ4v) is 2.53. The maximum absolute atomic E-state index is 12.5. The van der Waals surface area contributed by atoms with Crippen LogP contribution in [-0.2, 0) is 0 Å². The van der Waals surface area contributed by atoms with Crippen LogP contribution in [0.25, 0.3) is 0 Å². The molecule has 0 fully saturated rings. The number of urea groups is 1. The average molecular weight is 369 g/mol. The minimum absolute atomic E-state index is 0.121. The first-order valence-electron chi connectivity index (χ1n) is 8.41. The van der Waals surface area contributed by atoms with E-state index in [2.05, 4.69) is 29.8 Å². The zero-order valence-electron chi connectivity index (χ0n) is 15.6. The first-order valence-corrected chi connectivity index (χ1v) is 8.79. The molecule has 0 spiro atoms. The Bertz CT molecular complexity index is 612. The lowest BCUT2D eigenvalue weighted by Crippen LogP contribution is -2.43. The van der Waals surface area contributed by atoms with Gasteiger partial charge in [-0.3, -0.25) is 4.79 Å². The zero-order chi connectivity index (χ0) is 19.2. The molecule has 0 aliphatic carbocycles. The van der Waals surface area contributed by atoms with Crippen molar-refractivity contribution in [1.29, 1.82) is 0 Å². The first-order chi connectivity index (χ1) is 11.5. The summed E-state index contributed by atoms with van der Waals surface area (Å²) in [6.45, 7) is 10.1. The largest absolute Gasteiger partial charge is 0.348 e. The smallest absolute Gasteiger partial charge is 0.319 e. The number of nitrogens with two attached hydrogens (primary N) is 1. The summed E-state index contributed by atoms with van der Waals surface area (Å²) in [5.41, 5.74) is 6.16. The molecule has 1 rings (SSSR count). The van der Waals surface area contributed by atoms with E-state index in [1.807, 2.05) is 20.8 Å². The monoisotopic (exact) mass is 368 g/mol. The average Bonchev–Trinajstić information content (AvgIpc) is 2.45. The quantitative estimate of drug-likeness (QED) is 0.619. The van der Waals surface area contributed by atoms with E-state index >= 15 is 0 Å². The molecule has 0 radical (unpaired) electrons. The van der Waals surface area contributed by atoms with E-state index in [1.165, 1.54) is 0 Å². The van der Waals surface area contributed by atoms with Crippen molar-refractivity contribution in [3.8, 4) is 0 Å². The Balaban J connectivity index is 2.86. The number of hydrogen-bond donors (Lipinski definition) is 4. The number of nitrogens with one attached hydrogen (secondary N) is 3. The SMILES string of the molecule is CC(C)CC(CN)NC(=O)c1cc(NC(=O)NC(C)(C)C)ccc1Cl. The van der Waals surface area contributed by atoms with Gasteiger partial charge in [0.2, 0.25) is 0 Å².